The smallest absolute Gasteiger partial charge is 0.256 e. The molecule has 0 saturated heterocycles. The number of carbonyl (C=O) groups excluding carboxylic acids is 1. The summed E-state index contributed by atoms with van der Waals surface area (Å²) in [5.41, 5.74) is 0.938. The number of amides is 1. The molecule has 110 valence electrons. The molecule has 0 radical (unpaired) electrons. The third-order valence-corrected chi connectivity index (χ3v) is 3.10. The monoisotopic (exact) mass is 324 g/mol. The number of aromatic nitrogens is 3. The van der Waals surface area contributed by atoms with E-state index in [0.29, 0.717) is 11.4 Å². The summed E-state index contributed by atoms with van der Waals surface area (Å²) >= 11 is 11.7. The fraction of sp³-hybridized carbons (Fsp3) is 0.286. The van der Waals surface area contributed by atoms with Crippen molar-refractivity contribution in [3.63, 3.8) is 0 Å². The van der Waals surface area contributed by atoms with Gasteiger partial charge in [-0.15, -0.1) is 0 Å². The first-order chi connectivity index (χ1) is 9.75. The van der Waals surface area contributed by atoms with Gasteiger partial charge in [0.15, 0.2) is 0 Å². The van der Waals surface area contributed by atoms with Gasteiger partial charge in [-0.2, -0.15) is 0 Å². The van der Waals surface area contributed by atoms with Gasteiger partial charge < -0.3 is 5.32 Å². The van der Waals surface area contributed by atoms with Gasteiger partial charge in [-0.1, -0.05) is 44.0 Å². The van der Waals surface area contributed by atoms with Gasteiger partial charge in [0.1, 0.15) is 22.5 Å². The second-order valence-electron chi connectivity index (χ2n) is 5.49. The molecule has 1 N–H and O–H groups in total. The molecule has 0 aliphatic rings. The SMILES string of the molecule is CC(C)(C)c1cc(C(=O)Nc2cc(Cl)ncn2)cc(Cl)n1. The normalized spacial score (nSPS) is 11.3. The van der Waals surface area contributed by atoms with Gasteiger partial charge in [-0.25, -0.2) is 15.0 Å². The second kappa shape index (κ2) is 5.95. The quantitative estimate of drug-likeness (QED) is 0.675. The van der Waals surface area contributed by atoms with Crippen LogP contribution in [0.4, 0.5) is 5.82 Å². The van der Waals surface area contributed by atoms with Gasteiger partial charge in [-0.3, -0.25) is 4.79 Å². The van der Waals surface area contributed by atoms with Crippen molar-refractivity contribution in [1.82, 2.24) is 15.0 Å². The van der Waals surface area contributed by atoms with Crippen molar-refractivity contribution in [3.8, 4) is 0 Å². The summed E-state index contributed by atoms with van der Waals surface area (Å²) in [5, 5.41) is 3.17. The average Bonchev–Trinajstić information content (AvgIpc) is 2.37. The number of hydrogen-bond donors (Lipinski definition) is 1. The van der Waals surface area contributed by atoms with E-state index in [1.807, 2.05) is 20.8 Å². The van der Waals surface area contributed by atoms with Crippen molar-refractivity contribution >= 4 is 34.9 Å². The molecule has 2 aromatic rings. The Hall–Kier alpha value is -1.72. The van der Waals surface area contributed by atoms with Crippen molar-refractivity contribution in [2.75, 3.05) is 5.32 Å². The predicted molar refractivity (Wildman–Crippen MR) is 82.9 cm³/mol. The van der Waals surface area contributed by atoms with Crippen LogP contribution in [0.1, 0.15) is 36.8 Å². The van der Waals surface area contributed by atoms with Gasteiger partial charge in [-0.05, 0) is 12.1 Å². The molecule has 0 aliphatic carbocycles. The van der Waals surface area contributed by atoms with Crippen LogP contribution in [0.2, 0.25) is 10.3 Å². The minimum Gasteiger partial charge on any atom is -0.306 e. The highest BCUT2D eigenvalue weighted by molar-refractivity contribution is 6.30. The van der Waals surface area contributed by atoms with Crippen molar-refractivity contribution in [3.05, 3.63) is 46.1 Å². The fourth-order valence-electron chi connectivity index (χ4n) is 1.60. The van der Waals surface area contributed by atoms with Gasteiger partial charge in [0.05, 0.1) is 0 Å². The number of rotatable bonds is 2. The van der Waals surface area contributed by atoms with E-state index in [1.165, 1.54) is 18.5 Å². The van der Waals surface area contributed by atoms with E-state index in [9.17, 15) is 4.79 Å². The highest BCUT2D eigenvalue weighted by atomic mass is 35.5. The summed E-state index contributed by atoms with van der Waals surface area (Å²) < 4.78 is 0. The average molecular weight is 325 g/mol. The lowest BCUT2D eigenvalue weighted by atomic mass is 9.91. The zero-order chi connectivity index (χ0) is 15.6. The Labute approximate surface area is 132 Å². The summed E-state index contributed by atoms with van der Waals surface area (Å²) in [5.74, 6) is -0.00944. The first kappa shape index (κ1) is 15.7. The van der Waals surface area contributed by atoms with Crippen LogP contribution in [0.3, 0.4) is 0 Å². The summed E-state index contributed by atoms with van der Waals surface area (Å²) in [7, 11) is 0. The minimum atomic E-state index is -0.334. The first-order valence-electron chi connectivity index (χ1n) is 6.22. The molecular weight excluding hydrogens is 311 g/mol. The largest absolute Gasteiger partial charge is 0.306 e. The molecule has 2 heterocycles. The predicted octanol–water partition coefficient (Wildman–Crippen LogP) is 3.73. The highest BCUT2D eigenvalue weighted by Gasteiger charge is 2.19. The van der Waals surface area contributed by atoms with E-state index in [0.717, 1.165) is 5.69 Å². The van der Waals surface area contributed by atoms with Crippen molar-refractivity contribution in [2.24, 2.45) is 0 Å². The molecule has 0 spiro atoms. The molecule has 0 unspecified atom stereocenters. The van der Waals surface area contributed by atoms with E-state index in [1.54, 1.807) is 6.07 Å². The number of anilines is 1. The van der Waals surface area contributed by atoms with E-state index in [-0.39, 0.29) is 21.6 Å². The molecule has 0 fully saturated rings. The Morgan fingerprint density at radius 2 is 1.81 bits per heavy atom. The van der Waals surface area contributed by atoms with Crippen LogP contribution >= 0.6 is 23.2 Å². The maximum atomic E-state index is 12.3. The topological polar surface area (TPSA) is 67.8 Å². The van der Waals surface area contributed by atoms with E-state index >= 15 is 0 Å². The van der Waals surface area contributed by atoms with E-state index in [4.69, 9.17) is 23.2 Å². The zero-order valence-corrected chi connectivity index (χ0v) is 13.3. The van der Waals surface area contributed by atoms with Crippen LogP contribution in [0.15, 0.2) is 24.5 Å². The number of pyridine rings is 1. The molecule has 5 nitrogen and oxygen atoms in total. The van der Waals surface area contributed by atoms with Crippen LogP contribution in [-0.4, -0.2) is 20.9 Å². The molecule has 7 heteroatoms. The molecule has 0 atom stereocenters. The molecule has 0 saturated carbocycles. The number of hydrogen-bond acceptors (Lipinski definition) is 4. The highest BCUT2D eigenvalue weighted by Crippen LogP contribution is 2.23. The van der Waals surface area contributed by atoms with Crippen molar-refractivity contribution < 1.29 is 4.79 Å². The Kier molecular flexibility index (Phi) is 4.44. The Bertz CT molecular complexity index is 683. The summed E-state index contributed by atoms with van der Waals surface area (Å²) in [6, 6.07) is 4.69. The van der Waals surface area contributed by atoms with Crippen LogP contribution in [0, 0.1) is 0 Å². The van der Waals surface area contributed by atoms with Crippen LogP contribution in [-0.2, 0) is 5.41 Å². The summed E-state index contributed by atoms with van der Waals surface area (Å²) in [6.07, 6.45) is 1.28. The van der Waals surface area contributed by atoms with Crippen molar-refractivity contribution in [1.29, 1.82) is 0 Å². The maximum absolute atomic E-state index is 12.3. The molecule has 0 aliphatic heterocycles. The molecule has 2 rings (SSSR count). The number of nitrogens with zero attached hydrogens (tertiary/aromatic N) is 3. The Balaban J connectivity index is 2.29. The third kappa shape index (κ3) is 4.12. The standard InChI is InChI=1S/C14H14Cl2N4O/c1-14(2,3)9-4-8(5-11(16)19-9)13(21)20-12-6-10(15)17-7-18-12/h4-7H,1-3H3,(H,17,18,20,21). The van der Waals surface area contributed by atoms with Gasteiger partial charge in [0.25, 0.3) is 5.91 Å². The van der Waals surface area contributed by atoms with Crippen LogP contribution in [0.25, 0.3) is 0 Å². The molecule has 1 amide bonds. The lowest BCUT2D eigenvalue weighted by Gasteiger charge is -2.18. The first-order valence-corrected chi connectivity index (χ1v) is 6.98. The fourth-order valence-corrected chi connectivity index (χ4v) is 1.96. The van der Waals surface area contributed by atoms with Gasteiger partial charge in [0, 0.05) is 22.7 Å². The van der Waals surface area contributed by atoms with Crippen molar-refractivity contribution in [2.45, 2.75) is 26.2 Å². The van der Waals surface area contributed by atoms with E-state index in [2.05, 4.69) is 20.3 Å². The Morgan fingerprint density at radius 3 is 2.43 bits per heavy atom. The summed E-state index contributed by atoms with van der Waals surface area (Å²) in [4.78, 5) is 24.2. The van der Waals surface area contributed by atoms with Crippen LogP contribution in [0.5, 0.6) is 0 Å². The lowest BCUT2D eigenvalue weighted by Crippen LogP contribution is -2.18. The minimum absolute atomic E-state index is 0.210. The number of nitrogens with one attached hydrogen (secondary N) is 1. The third-order valence-electron chi connectivity index (χ3n) is 2.70. The van der Waals surface area contributed by atoms with Gasteiger partial charge in [0.2, 0.25) is 0 Å². The summed E-state index contributed by atoms with van der Waals surface area (Å²) in [6.45, 7) is 5.99. The molecule has 21 heavy (non-hydrogen) atoms. The second-order valence-corrected chi connectivity index (χ2v) is 6.27. The maximum Gasteiger partial charge on any atom is 0.256 e. The van der Waals surface area contributed by atoms with Crippen LogP contribution < -0.4 is 5.32 Å². The Morgan fingerprint density at radius 1 is 1.10 bits per heavy atom. The number of halogens is 2. The zero-order valence-electron chi connectivity index (χ0n) is 11.8. The number of carbonyl (C=O) groups is 1. The van der Waals surface area contributed by atoms with E-state index < -0.39 is 0 Å². The van der Waals surface area contributed by atoms with Gasteiger partial charge >= 0.3 is 0 Å². The lowest BCUT2D eigenvalue weighted by molar-refractivity contribution is 0.102. The molecular formula is C14H14Cl2N4O. The molecule has 0 bridgehead atoms. The molecule has 2 aromatic heterocycles. The molecule has 0 aromatic carbocycles.